The van der Waals surface area contributed by atoms with Gasteiger partial charge in [-0.3, -0.25) is 4.79 Å². The van der Waals surface area contributed by atoms with Crippen LogP contribution in [0.15, 0.2) is 21.5 Å². The van der Waals surface area contributed by atoms with Gasteiger partial charge in [-0.05, 0) is 22.0 Å². The van der Waals surface area contributed by atoms with Crippen LogP contribution in [0.5, 0.6) is 0 Å². The first-order valence-corrected chi connectivity index (χ1v) is 7.27. The first-order chi connectivity index (χ1) is 8.65. The van der Waals surface area contributed by atoms with E-state index in [0.717, 1.165) is 6.07 Å². The Morgan fingerprint density at radius 1 is 1.37 bits per heavy atom. The van der Waals surface area contributed by atoms with Crippen LogP contribution in [-0.4, -0.2) is 39.9 Å². The summed E-state index contributed by atoms with van der Waals surface area (Å²) in [6.45, 7) is -0.515. The van der Waals surface area contributed by atoms with Gasteiger partial charge in [0.2, 0.25) is 15.9 Å². The average molecular weight is 357 g/mol. The molecule has 0 aliphatic rings. The second kappa shape index (κ2) is 5.93. The summed E-state index contributed by atoms with van der Waals surface area (Å²) >= 11 is 2.78. The molecule has 5 nitrogen and oxygen atoms in total. The molecule has 0 radical (unpaired) electrons. The highest BCUT2D eigenvalue weighted by Crippen LogP contribution is 2.25. The van der Waals surface area contributed by atoms with Gasteiger partial charge >= 0.3 is 0 Å². The van der Waals surface area contributed by atoms with Crippen molar-refractivity contribution in [3.63, 3.8) is 0 Å². The van der Waals surface area contributed by atoms with Gasteiger partial charge in [0.05, 0.1) is 6.54 Å². The number of amides is 1. The molecule has 1 amide bonds. The third-order valence-electron chi connectivity index (χ3n) is 2.14. The first-order valence-electron chi connectivity index (χ1n) is 4.99. The molecule has 0 aliphatic heterocycles. The molecular weight excluding hydrogens is 346 g/mol. The normalized spacial score (nSPS) is 11.4. The summed E-state index contributed by atoms with van der Waals surface area (Å²) in [5.41, 5.74) is 0. The van der Waals surface area contributed by atoms with Crippen LogP contribution in [0, 0.1) is 11.6 Å². The monoisotopic (exact) mass is 356 g/mol. The summed E-state index contributed by atoms with van der Waals surface area (Å²) in [5, 5.41) is 0. The van der Waals surface area contributed by atoms with E-state index in [9.17, 15) is 22.0 Å². The van der Waals surface area contributed by atoms with Crippen LogP contribution in [0.1, 0.15) is 0 Å². The number of nitrogens with one attached hydrogen (secondary N) is 1. The second-order valence-electron chi connectivity index (χ2n) is 3.81. The lowest BCUT2D eigenvalue weighted by molar-refractivity contribution is -0.127. The molecule has 0 spiro atoms. The van der Waals surface area contributed by atoms with E-state index in [0.29, 0.717) is 6.07 Å². The first kappa shape index (κ1) is 16.0. The molecule has 1 rings (SSSR count). The lowest BCUT2D eigenvalue weighted by Crippen LogP contribution is -2.36. The fourth-order valence-corrected chi connectivity index (χ4v) is 3.31. The Kier molecular flexibility index (Phi) is 4.99. The molecule has 0 saturated heterocycles. The molecule has 1 N–H and O–H groups in total. The maximum Gasteiger partial charge on any atom is 0.245 e. The molecule has 1 aromatic rings. The molecule has 9 heteroatoms. The summed E-state index contributed by atoms with van der Waals surface area (Å²) < 4.78 is 51.7. The lowest BCUT2D eigenvalue weighted by atomic mass is 10.3. The van der Waals surface area contributed by atoms with Crippen molar-refractivity contribution in [2.75, 3.05) is 20.6 Å². The number of likely N-dealkylation sites (N-methyl/N-ethyl adjacent to an activating group) is 1. The predicted molar refractivity (Wildman–Crippen MR) is 67.9 cm³/mol. The topological polar surface area (TPSA) is 66.5 Å². The van der Waals surface area contributed by atoms with Gasteiger partial charge in [0.1, 0.15) is 16.5 Å². The highest BCUT2D eigenvalue weighted by Gasteiger charge is 2.24. The third kappa shape index (κ3) is 3.95. The minimum Gasteiger partial charge on any atom is -0.348 e. The van der Waals surface area contributed by atoms with Gasteiger partial charge in [0, 0.05) is 24.6 Å². The minimum atomic E-state index is -4.25. The number of carbonyl (C=O) groups is 1. The van der Waals surface area contributed by atoms with Gasteiger partial charge in [-0.15, -0.1) is 0 Å². The lowest BCUT2D eigenvalue weighted by Gasteiger charge is -2.12. The van der Waals surface area contributed by atoms with Crippen LogP contribution in [0.4, 0.5) is 8.78 Å². The van der Waals surface area contributed by atoms with Crippen LogP contribution >= 0.6 is 15.9 Å². The van der Waals surface area contributed by atoms with Gasteiger partial charge in [0.15, 0.2) is 0 Å². The van der Waals surface area contributed by atoms with Crippen LogP contribution in [0.25, 0.3) is 0 Å². The Hall–Kier alpha value is -1.06. The van der Waals surface area contributed by atoms with Crippen LogP contribution in [0.2, 0.25) is 0 Å². The number of carbonyl (C=O) groups excluding carboxylic acids is 1. The molecule has 0 heterocycles. The van der Waals surface area contributed by atoms with Crippen LogP contribution < -0.4 is 4.72 Å². The van der Waals surface area contributed by atoms with Gasteiger partial charge < -0.3 is 4.90 Å². The number of halogens is 3. The molecule has 0 atom stereocenters. The third-order valence-corrected chi connectivity index (χ3v) is 4.51. The minimum absolute atomic E-state index is 0.255. The molecule has 0 bridgehead atoms. The van der Waals surface area contributed by atoms with E-state index < -0.39 is 39.0 Å². The molecule has 0 saturated carbocycles. The summed E-state index contributed by atoms with van der Waals surface area (Å²) in [4.78, 5) is 11.7. The van der Waals surface area contributed by atoms with Crippen molar-refractivity contribution < 1.29 is 22.0 Å². The molecule has 0 aliphatic carbocycles. The van der Waals surface area contributed by atoms with Gasteiger partial charge in [0.25, 0.3) is 0 Å². The van der Waals surface area contributed by atoms with Crippen molar-refractivity contribution >= 4 is 31.9 Å². The van der Waals surface area contributed by atoms with E-state index in [1.807, 2.05) is 4.72 Å². The van der Waals surface area contributed by atoms with Crippen molar-refractivity contribution in [1.82, 2.24) is 9.62 Å². The van der Waals surface area contributed by atoms with Gasteiger partial charge in [-0.25, -0.2) is 21.9 Å². The Balaban J connectivity index is 3.05. The van der Waals surface area contributed by atoms with E-state index in [4.69, 9.17) is 0 Å². The van der Waals surface area contributed by atoms with Crippen molar-refractivity contribution in [1.29, 1.82) is 0 Å². The Morgan fingerprint density at radius 3 is 2.42 bits per heavy atom. The number of benzene rings is 1. The molecule has 106 valence electrons. The van der Waals surface area contributed by atoms with E-state index in [-0.39, 0.29) is 4.47 Å². The van der Waals surface area contributed by atoms with Gasteiger partial charge in [-0.1, -0.05) is 0 Å². The van der Waals surface area contributed by atoms with E-state index >= 15 is 0 Å². The van der Waals surface area contributed by atoms with Crippen molar-refractivity contribution in [2.24, 2.45) is 0 Å². The molecular formula is C10H11BrF2N2O3S. The van der Waals surface area contributed by atoms with Crippen LogP contribution in [0.3, 0.4) is 0 Å². The fraction of sp³-hybridized carbons (Fsp3) is 0.300. The Morgan fingerprint density at radius 2 is 1.95 bits per heavy atom. The van der Waals surface area contributed by atoms with E-state index in [2.05, 4.69) is 15.9 Å². The quantitative estimate of drug-likeness (QED) is 0.878. The largest absolute Gasteiger partial charge is 0.348 e. The van der Waals surface area contributed by atoms with Crippen LogP contribution in [-0.2, 0) is 14.8 Å². The highest BCUT2D eigenvalue weighted by atomic mass is 79.9. The molecule has 0 fully saturated rings. The zero-order chi connectivity index (χ0) is 14.8. The van der Waals surface area contributed by atoms with E-state index in [1.165, 1.54) is 19.0 Å². The number of hydrogen-bond acceptors (Lipinski definition) is 3. The number of rotatable bonds is 4. The number of nitrogens with zero attached hydrogens (tertiary/aromatic N) is 1. The maximum absolute atomic E-state index is 13.5. The number of hydrogen-bond donors (Lipinski definition) is 1. The average Bonchev–Trinajstić information content (AvgIpc) is 2.23. The summed E-state index contributed by atoms with van der Waals surface area (Å²) in [5.74, 6) is -2.65. The standard InChI is InChI=1S/C10H11BrF2N2O3S/c1-15(2)9(16)5-14-19(17,18)10-7(11)3-6(12)4-8(10)13/h3-4,14H,5H2,1-2H3. The van der Waals surface area contributed by atoms with Crippen molar-refractivity contribution in [3.05, 3.63) is 28.2 Å². The highest BCUT2D eigenvalue weighted by molar-refractivity contribution is 9.10. The maximum atomic E-state index is 13.5. The fourth-order valence-electron chi connectivity index (χ4n) is 1.17. The smallest absolute Gasteiger partial charge is 0.245 e. The van der Waals surface area contributed by atoms with Gasteiger partial charge in [-0.2, -0.15) is 0 Å². The Bertz CT molecular complexity index is 582. The zero-order valence-electron chi connectivity index (χ0n) is 10.1. The van der Waals surface area contributed by atoms with Crippen molar-refractivity contribution in [3.8, 4) is 0 Å². The van der Waals surface area contributed by atoms with Crippen molar-refractivity contribution in [2.45, 2.75) is 4.90 Å². The molecule has 0 unspecified atom stereocenters. The summed E-state index contributed by atoms with van der Waals surface area (Å²) in [6.07, 6.45) is 0. The predicted octanol–water partition coefficient (Wildman–Crippen LogP) is 1.09. The van der Waals surface area contributed by atoms with E-state index in [1.54, 1.807) is 0 Å². The zero-order valence-corrected chi connectivity index (χ0v) is 12.5. The second-order valence-corrected chi connectivity index (χ2v) is 6.37. The number of sulfonamides is 1. The molecule has 0 aromatic heterocycles. The summed E-state index contributed by atoms with van der Waals surface area (Å²) in [7, 11) is -1.35. The SMILES string of the molecule is CN(C)C(=O)CNS(=O)(=O)c1c(F)cc(F)cc1Br. The summed E-state index contributed by atoms with van der Waals surface area (Å²) in [6, 6.07) is 1.28. The molecule has 1 aromatic carbocycles. The Labute approximate surface area is 117 Å². The molecule has 19 heavy (non-hydrogen) atoms.